The number of hydrogen-bond donors (Lipinski definition) is 2. The number of nitro groups is 1. The van der Waals surface area contributed by atoms with Crippen molar-refractivity contribution in [1.29, 1.82) is 0 Å². The average molecular weight is 336 g/mol. The Morgan fingerprint density at radius 3 is 2.45 bits per heavy atom. The highest BCUT2D eigenvalue weighted by Crippen LogP contribution is 2.26. The maximum atomic E-state index is 11.9. The predicted molar refractivity (Wildman–Crippen MR) is 88.2 cm³/mol. The molecular formula is C14H10ClN3O3S. The number of hydrogen-bond acceptors (Lipinski definition) is 4. The topological polar surface area (TPSA) is 84.3 Å². The maximum Gasteiger partial charge on any atom is 0.271 e. The number of non-ortho nitro benzene ring substituents is 1. The molecule has 0 saturated carbocycles. The molecule has 0 fully saturated rings. The number of nitro benzene ring substituents is 1. The highest BCUT2D eigenvalue weighted by Gasteiger charge is 2.12. The Hall–Kier alpha value is -2.51. The second-order valence-electron chi connectivity index (χ2n) is 4.20. The van der Waals surface area contributed by atoms with E-state index in [1.165, 1.54) is 18.2 Å². The molecule has 0 saturated heterocycles. The zero-order chi connectivity index (χ0) is 16.1. The highest BCUT2D eigenvalue weighted by molar-refractivity contribution is 7.80. The SMILES string of the molecule is O=C(NC(=S)Nc1ccc([N+](=O)[O-])cc1Cl)c1ccccc1. The van der Waals surface area contributed by atoms with Gasteiger partial charge in [0.15, 0.2) is 5.11 Å². The number of carbonyl (C=O) groups excluding carboxylic acids is 1. The van der Waals surface area contributed by atoms with Gasteiger partial charge in [-0.3, -0.25) is 20.2 Å². The van der Waals surface area contributed by atoms with Gasteiger partial charge in [-0.25, -0.2) is 0 Å². The van der Waals surface area contributed by atoms with Gasteiger partial charge in [-0.1, -0.05) is 29.8 Å². The summed E-state index contributed by atoms with van der Waals surface area (Å²) in [7, 11) is 0. The Kier molecular flexibility index (Phi) is 5.03. The van der Waals surface area contributed by atoms with Crippen LogP contribution in [0, 0.1) is 10.1 Å². The standard InChI is InChI=1S/C14H10ClN3O3S/c15-11-8-10(18(20)21)6-7-12(11)16-14(22)17-13(19)9-4-2-1-3-5-9/h1-8H,(H2,16,17,19,22). The molecule has 0 aliphatic heterocycles. The van der Waals surface area contributed by atoms with Crippen LogP contribution in [0.3, 0.4) is 0 Å². The molecule has 2 aromatic rings. The van der Waals surface area contributed by atoms with E-state index in [4.69, 9.17) is 23.8 Å². The Labute approximate surface area is 136 Å². The third kappa shape index (κ3) is 4.00. The lowest BCUT2D eigenvalue weighted by Gasteiger charge is -2.10. The summed E-state index contributed by atoms with van der Waals surface area (Å²) in [5.41, 5.74) is 0.696. The second kappa shape index (κ2) is 6.97. The Bertz CT molecular complexity index is 737. The summed E-state index contributed by atoms with van der Waals surface area (Å²) >= 11 is 11.0. The van der Waals surface area contributed by atoms with E-state index >= 15 is 0 Å². The summed E-state index contributed by atoms with van der Waals surface area (Å²) in [6.07, 6.45) is 0. The van der Waals surface area contributed by atoms with Crippen molar-refractivity contribution < 1.29 is 9.72 Å². The second-order valence-corrected chi connectivity index (χ2v) is 5.01. The maximum absolute atomic E-state index is 11.9. The van der Waals surface area contributed by atoms with Gasteiger partial charge in [0.05, 0.1) is 15.6 Å². The molecule has 112 valence electrons. The molecule has 0 heterocycles. The largest absolute Gasteiger partial charge is 0.331 e. The molecule has 0 aromatic heterocycles. The van der Waals surface area contributed by atoms with E-state index in [1.807, 2.05) is 0 Å². The lowest BCUT2D eigenvalue weighted by Crippen LogP contribution is -2.34. The van der Waals surface area contributed by atoms with E-state index in [0.29, 0.717) is 11.3 Å². The zero-order valence-corrected chi connectivity index (χ0v) is 12.6. The van der Waals surface area contributed by atoms with Crippen molar-refractivity contribution in [3.63, 3.8) is 0 Å². The number of rotatable bonds is 3. The molecule has 6 nitrogen and oxygen atoms in total. The van der Waals surface area contributed by atoms with Crippen molar-refractivity contribution in [3.05, 3.63) is 69.2 Å². The number of anilines is 1. The van der Waals surface area contributed by atoms with Crippen LogP contribution in [0.15, 0.2) is 48.5 Å². The lowest BCUT2D eigenvalue weighted by molar-refractivity contribution is -0.384. The third-order valence-corrected chi connectivity index (χ3v) is 3.19. The van der Waals surface area contributed by atoms with Crippen LogP contribution in [-0.2, 0) is 0 Å². The quantitative estimate of drug-likeness (QED) is 0.510. The van der Waals surface area contributed by atoms with E-state index in [1.54, 1.807) is 30.3 Å². The van der Waals surface area contributed by atoms with Gasteiger partial charge in [-0.2, -0.15) is 0 Å². The van der Waals surface area contributed by atoms with Gasteiger partial charge >= 0.3 is 0 Å². The first-order valence-corrected chi connectivity index (χ1v) is 6.87. The number of nitrogens with zero attached hydrogens (tertiary/aromatic N) is 1. The lowest BCUT2D eigenvalue weighted by atomic mass is 10.2. The number of carbonyl (C=O) groups is 1. The monoisotopic (exact) mass is 335 g/mol. The van der Waals surface area contributed by atoms with Crippen LogP contribution in [-0.4, -0.2) is 15.9 Å². The molecule has 0 aliphatic carbocycles. The molecule has 0 spiro atoms. The average Bonchev–Trinajstić information content (AvgIpc) is 2.50. The summed E-state index contributed by atoms with van der Waals surface area (Å²) in [5, 5.41) is 16.0. The van der Waals surface area contributed by atoms with Crippen molar-refractivity contribution in [1.82, 2.24) is 5.32 Å². The summed E-state index contributed by atoms with van der Waals surface area (Å²) in [6, 6.07) is 12.5. The third-order valence-electron chi connectivity index (χ3n) is 2.67. The Morgan fingerprint density at radius 1 is 1.18 bits per heavy atom. The molecule has 0 aliphatic rings. The van der Waals surface area contributed by atoms with Crippen LogP contribution >= 0.6 is 23.8 Å². The molecule has 0 atom stereocenters. The van der Waals surface area contributed by atoms with Crippen molar-refractivity contribution in [3.8, 4) is 0 Å². The summed E-state index contributed by atoms with van der Waals surface area (Å²) in [6.45, 7) is 0. The van der Waals surface area contributed by atoms with Crippen LogP contribution in [0.5, 0.6) is 0 Å². The van der Waals surface area contributed by atoms with Crippen LogP contribution in [0.1, 0.15) is 10.4 Å². The van der Waals surface area contributed by atoms with Gasteiger partial charge in [0, 0.05) is 17.7 Å². The van der Waals surface area contributed by atoms with E-state index < -0.39 is 4.92 Å². The van der Waals surface area contributed by atoms with E-state index in [-0.39, 0.29) is 21.7 Å². The Morgan fingerprint density at radius 2 is 1.86 bits per heavy atom. The van der Waals surface area contributed by atoms with Crippen molar-refractivity contribution >= 4 is 46.2 Å². The minimum absolute atomic E-state index is 0.0459. The molecule has 8 heteroatoms. The van der Waals surface area contributed by atoms with Crippen molar-refractivity contribution in [2.24, 2.45) is 0 Å². The highest BCUT2D eigenvalue weighted by atomic mass is 35.5. The van der Waals surface area contributed by atoms with Gasteiger partial charge in [-0.15, -0.1) is 0 Å². The van der Waals surface area contributed by atoms with E-state index in [2.05, 4.69) is 10.6 Å². The normalized spacial score (nSPS) is 9.86. The molecular weight excluding hydrogens is 326 g/mol. The minimum Gasteiger partial charge on any atom is -0.331 e. The molecule has 1 amide bonds. The molecule has 2 N–H and O–H groups in total. The van der Waals surface area contributed by atoms with E-state index in [0.717, 1.165) is 0 Å². The van der Waals surface area contributed by atoms with Gasteiger partial charge in [0.1, 0.15) is 0 Å². The Balaban J connectivity index is 2.03. The number of amides is 1. The molecule has 2 aromatic carbocycles. The fraction of sp³-hybridized carbons (Fsp3) is 0. The van der Waals surface area contributed by atoms with Gasteiger partial charge in [0.2, 0.25) is 0 Å². The first kappa shape index (κ1) is 15.9. The molecule has 0 radical (unpaired) electrons. The summed E-state index contributed by atoms with van der Waals surface area (Å²) in [4.78, 5) is 22.0. The first-order valence-electron chi connectivity index (χ1n) is 6.08. The van der Waals surface area contributed by atoms with Gasteiger partial charge < -0.3 is 5.32 Å². The summed E-state index contributed by atoms with van der Waals surface area (Å²) < 4.78 is 0. The predicted octanol–water partition coefficient (Wildman–Crippen LogP) is 3.38. The molecule has 0 bridgehead atoms. The van der Waals surface area contributed by atoms with Crippen LogP contribution in [0.25, 0.3) is 0 Å². The first-order chi connectivity index (χ1) is 10.5. The smallest absolute Gasteiger partial charge is 0.271 e. The number of thiocarbonyl (C=S) groups is 1. The van der Waals surface area contributed by atoms with Crippen LogP contribution in [0.4, 0.5) is 11.4 Å². The zero-order valence-electron chi connectivity index (χ0n) is 11.1. The molecule has 22 heavy (non-hydrogen) atoms. The van der Waals surface area contributed by atoms with E-state index in [9.17, 15) is 14.9 Å². The number of benzene rings is 2. The molecule has 0 unspecified atom stereocenters. The van der Waals surface area contributed by atoms with Gasteiger partial charge in [-0.05, 0) is 30.4 Å². The van der Waals surface area contributed by atoms with Crippen LogP contribution < -0.4 is 10.6 Å². The van der Waals surface area contributed by atoms with Crippen molar-refractivity contribution in [2.75, 3.05) is 5.32 Å². The molecule has 2 rings (SSSR count). The van der Waals surface area contributed by atoms with Crippen molar-refractivity contribution in [2.45, 2.75) is 0 Å². The minimum atomic E-state index is -0.550. The number of nitrogens with one attached hydrogen (secondary N) is 2. The number of halogens is 1. The fourth-order valence-corrected chi connectivity index (χ4v) is 2.06. The fourth-order valence-electron chi connectivity index (χ4n) is 1.64. The van der Waals surface area contributed by atoms with Crippen LogP contribution in [0.2, 0.25) is 5.02 Å². The van der Waals surface area contributed by atoms with Gasteiger partial charge in [0.25, 0.3) is 11.6 Å². The summed E-state index contributed by atoms with van der Waals surface area (Å²) in [5.74, 6) is -0.365.